The summed E-state index contributed by atoms with van der Waals surface area (Å²) >= 11 is 0. The Morgan fingerprint density at radius 1 is 0.800 bits per heavy atom. The Kier molecular flexibility index (Phi) is 11.9. The molecule has 0 rings (SSSR count). The molecule has 0 saturated carbocycles. The van der Waals surface area contributed by atoms with Gasteiger partial charge in [0.15, 0.2) is 0 Å². The molecule has 2 atom stereocenters. The second kappa shape index (κ2) is 12.2. The van der Waals surface area contributed by atoms with Gasteiger partial charge in [0, 0.05) is 0 Å². The molecule has 0 saturated heterocycles. The Bertz CT molecular complexity index is 249. The van der Waals surface area contributed by atoms with Crippen molar-refractivity contribution < 1.29 is 0 Å². The van der Waals surface area contributed by atoms with E-state index in [0.717, 1.165) is 24.2 Å². The molecule has 0 radical (unpaired) electrons. The fourth-order valence-electron chi connectivity index (χ4n) is 2.76. The van der Waals surface area contributed by atoms with Gasteiger partial charge in [-0.15, -0.1) is 0 Å². The van der Waals surface area contributed by atoms with E-state index < -0.39 is 0 Å². The average molecular weight is 279 g/mol. The van der Waals surface area contributed by atoms with E-state index >= 15 is 0 Å². The first-order valence-corrected chi connectivity index (χ1v) is 8.75. The lowest BCUT2D eigenvalue weighted by Gasteiger charge is -2.15. The molecular formula is C20H38. The van der Waals surface area contributed by atoms with Gasteiger partial charge in [-0.2, -0.15) is 0 Å². The summed E-state index contributed by atoms with van der Waals surface area (Å²) in [5.74, 6) is 2.66. The molecule has 0 nitrogen and oxygen atoms in total. The van der Waals surface area contributed by atoms with Gasteiger partial charge < -0.3 is 0 Å². The Labute approximate surface area is 128 Å². The molecule has 0 amide bonds. The third-order valence-electron chi connectivity index (χ3n) is 4.36. The largest absolute Gasteiger partial charge is 0.0988 e. The molecule has 0 aliphatic rings. The van der Waals surface area contributed by atoms with Gasteiger partial charge in [-0.3, -0.25) is 0 Å². The molecule has 0 N–H and O–H groups in total. The molecule has 0 aromatic heterocycles. The maximum atomic E-state index is 3.98. The standard InChI is InChI=1S/C20H38/c1-7-18(4)12-9-14-20(6)16-10-15-19(5)13-8-11-17(2)3/h7,17,19-20H,1,4,8-16H2,2-3,5-6H3/t19-,20-/m0/s1. The maximum absolute atomic E-state index is 3.98. The molecule has 0 aromatic rings. The van der Waals surface area contributed by atoms with Crippen LogP contribution in [-0.4, -0.2) is 0 Å². The van der Waals surface area contributed by atoms with E-state index in [1.54, 1.807) is 0 Å². The highest BCUT2D eigenvalue weighted by atomic mass is 14.1. The van der Waals surface area contributed by atoms with Crippen molar-refractivity contribution in [3.05, 3.63) is 24.8 Å². The number of rotatable bonds is 13. The van der Waals surface area contributed by atoms with E-state index in [2.05, 4.69) is 40.9 Å². The Morgan fingerprint density at radius 3 is 1.70 bits per heavy atom. The lowest BCUT2D eigenvalue weighted by Crippen LogP contribution is -2.00. The predicted molar refractivity (Wildman–Crippen MR) is 94.1 cm³/mol. The third-order valence-corrected chi connectivity index (χ3v) is 4.36. The van der Waals surface area contributed by atoms with Gasteiger partial charge in [0.2, 0.25) is 0 Å². The summed E-state index contributed by atoms with van der Waals surface area (Å²) in [6.45, 7) is 17.2. The monoisotopic (exact) mass is 278 g/mol. The van der Waals surface area contributed by atoms with Crippen LogP contribution in [0.5, 0.6) is 0 Å². The molecule has 0 bridgehead atoms. The van der Waals surface area contributed by atoms with E-state index in [1.165, 1.54) is 56.9 Å². The van der Waals surface area contributed by atoms with Crippen molar-refractivity contribution in [2.24, 2.45) is 17.8 Å². The summed E-state index contributed by atoms with van der Waals surface area (Å²) in [6.07, 6.45) is 14.1. The fraction of sp³-hybridized carbons (Fsp3) is 0.800. The Hall–Kier alpha value is -0.520. The van der Waals surface area contributed by atoms with Crippen molar-refractivity contribution in [2.75, 3.05) is 0 Å². The van der Waals surface area contributed by atoms with Crippen LogP contribution in [0.1, 0.15) is 85.5 Å². The molecule has 118 valence electrons. The quantitative estimate of drug-likeness (QED) is 0.313. The Morgan fingerprint density at radius 2 is 1.25 bits per heavy atom. The van der Waals surface area contributed by atoms with Crippen LogP contribution in [-0.2, 0) is 0 Å². The van der Waals surface area contributed by atoms with Crippen LogP contribution in [0, 0.1) is 17.8 Å². The van der Waals surface area contributed by atoms with Crippen molar-refractivity contribution in [3.63, 3.8) is 0 Å². The fourth-order valence-corrected chi connectivity index (χ4v) is 2.76. The lowest BCUT2D eigenvalue weighted by molar-refractivity contribution is 0.389. The summed E-state index contributed by atoms with van der Waals surface area (Å²) in [5, 5.41) is 0. The smallest absolute Gasteiger partial charge is 0.0285 e. The van der Waals surface area contributed by atoms with Crippen molar-refractivity contribution in [1.82, 2.24) is 0 Å². The molecule has 0 aliphatic heterocycles. The van der Waals surface area contributed by atoms with Gasteiger partial charge in [0.25, 0.3) is 0 Å². The molecule has 0 heteroatoms. The zero-order valence-corrected chi connectivity index (χ0v) is 14.6. The molecule has 0 aromatic carbocycles. The maximum Gasteiger partial charge on any atom is -0.0285 e. The van der Waals surface area contributed by atoms with Gasteiger partial charge in [-0.05, 0) is 30.6 Å². The number of hydrogen-bond acceptors (Lipinski definition) is 0. The summed E-state index contributed by atoms with van der Waals surface area (Å²) in [5.41, 5.74) is 1.19. The first-order chi connectivity index (χ1) is 9.45. The summed E-state index contributed by atoms with van der Waals surface area (Å²) in [7, 11) is 0. The van der Waals surface area contributed by atoms with Gasteiger partial charge in [0.05, 0.1) is 0 Å². The van der Waals surface area contributed by atoms with Crippen molar-refractivity contribution >= 4 is 0 Å². The topological polar surface area (TPSA) is 0 Å². The summed E-state index contributed by atoms with van der Waals surface area (Å²) < 4.78 is 0. The molecular weight excluding hydrogens is 240 g/mol. The minimum Gasteiger partial charge on any atom is -0.0988 e. The zero-order chi connectivity index (χ0) is 15.4. The SMILES string of the molecule is C=CC(=C)CCC[C@H](C)CCC[C@@H](C)CCCC(C)C. The summed E-state index contributed by atoms with van der Waals surface area (Å²) in [6, 6.07) is 0. The minimum atomic E-state index is 0.868. The number of allylic oxidation sites excluding steroid dienone is 2. The van der Waals surface area contributed by atoms with Crippen LogP contribution in [0.4, 0.5) is 0 Å². The number of hydrogen-bond donors (Lipinski definition) is 0. The van der Waals surface area contributed by atoms with Crippen LogP contribution >= 0.6 is 0 Å². The second-order valence-electron chi connectivity index (χ2n) is 7.22. The lowest BCUT2D eigenvalue weighted by atomic mass is 9.91. The minimum absolute atomic E-state index is 0.868. The third kappa shape index (κ3) is 12.5. The normalized spacial score (nSPS) is 14.2. The molecule has 0 fully saturated rings. The van der Waals surface area contributed by atoms with E-state index in [9.17, 15) is 0 Å². The van der Waals surface area contributed by atoms with Crippen LogP contribution in [0.25, 0.3) is 0 Å². The Balaban J connectivity index is 3.47. The van der Waals surface area contributed by atoms with Crippen molar-refractivity contribution in [1.29, 1.82) is 0 Å². The molecule has 0 unspecified atom stereocenters. The van der Waals surface area contributed by atoms with E-state index in [-0.39, 0.29) is 0 Å². The van der Waals surface area contributed by atoms with Crippen LogP contribution in [0.2, 0.25) is 0 Å². The van der Waals surface area contributed by atoms with Gasteiger partial charge in [-0.25, -0.2) is 0 Å². The van der Waals surface area contributed by atoms with E-state index in [1.807, 2.05) is 6.08 Å². The molecule has 0 heterocycles. The predicted octanol–water partition coefficient (Wildman–Crippen LogP) is 7.17. The zero-order valence-electron chi connectivity index (χ0n) is 14.6. The first kappa shape index (κ1) is 19.5. The highest BCUT2D eigenvalue weighted by molar-refractivity contribution is 5.10. The van der Waals surface area contributed by atoms with Crippen LogP contribution < -0.4 is 0 Å². The summed E-state index contributed by atoms with van der Waals surface area (Å²) in [4.78, 5) is 0. The van der Waals surface area contributed by atoms with Crippen molar-refractivity contribution in [2.45, 2.75) is 85.5 Å². The highest BCUT2D eigenvalue weighted by Gasteiger charge is 2.06. The van der Waals surface area contributed by atoms with Gasteiger partial charge in [-0.1, -0.05) is 97.4 Å². The molecule has 0 aliphatic carbocycles. The molecule has 20 heavy (non-hydrogen) atoms. The van der Waals surface area contributed by atoms with Crippen LogP contribution in [0.3, 0.4) is 0 Å². The first-order valence-electron chi connectivity index (χ1n) is 8.75. The van der Waals surface area contributed by atoms with E-state index in [0.29, 0.717) is 0 Å². The highest BCUT2D eigenvalue weighted by Crippen LogP contribution is 2.21. The second-order valence-corrected chi connectivity index (χ2v) is 7.22. The average Bonchev–Trinajstić information content (AvgIpc) is 2.38. The molecule has 0 spiro atoms. The van der Waals surface area contributed by atoms with Gasteiger partial charge >= 0.3 is 0 Å². The van der Waals surface area contributed by atoms with E-state index in [4.69, 9.17) is 0 Å². The van der Waals surface area contributed by atoms with Gasteiger partial charge in [0.1, 0.15) is 0 Å². The van der Waals surface area contributed by atoms with Crippen LogP contribution in [0.15, 0.2) is 24.8 Å². The van der Waals surface area contributed by atoms with Crippen molar-refractivity contribution in [3.8, 4) is 0 Å².